The molecule has 2 rings (SSSR count). The van der Waals surface area contributed by atoms with Gasteiger partial charge < -0.3 is 20.2 Å². The molecule has 0 saturated carbocycles. The maximum atomic E-state index is 11.9. The SMILES string of the molecule is CN1CCC(CNC(=O)N2CCCC2C(=O)O)C1. The van der Waals surface area contributed by atoms with Crippen molar-refractivity contribution < 1.29 is 14.7 Å². The minimum atomic E-state index is -0.900. The molecule has 0 aliphatic carbocycles. The van der Waals surface area contributed by atoms with Crippen LogP contribution in [0.4, 0.5) is 4.79 Å². The van der Waals surface area contributed by atoms with Crippen molar-refractivity contribution in [2.45, 2.75) is 25.3 Å². The van der Waals surface area contributed by atoms with Gasteiger partial charge in [0.1, 0.15) is 6.04 Å². The lowest BCUT2D eigenvalue weighted by Gasteiger charge is -2.22. The molecule has 2 unspecified atom stereocenters. The van der Waals surface area contributed by atoms with Crippen LogP contribution >= 0.6 is 0 Å². The van der Waals surface area contributed by atoms with E-state index >= 15 is 0 Å². The fourth-order valence-corrected chi connectivity index (χ4v) is 2.79. The van der Waals surface area contributed by atoms with Crippen LogP contribution < -0.4 is 5.32 Å². The Hall–Kier alpha value is -1.30. The van der Waals surface area contributed by atoms with Crippen molar-refractivity contribution >= 4 is 12.0 Å². The first-order valence-corrected chi connectivity index (χ1v) is 6.53. The van der Waals surface area contributed by atoms with Gasteiger partial charge in [0.15, 0.2) is 0 Å². The molecule has 2 fully saturated rings. The van der Waals surface area contributed by atoms with Crippen LogP contribution in [0.1, 0.15) is 19.3 Å². The monoisotopic (exact) mass is 255 g/mol. The molecule has 2 aliphatic heterocycles. The predicted octanol–water partition coefficient (Wildman–Crippen LogP) is 0.197. The average Bonchev–Trinajstić information content (AvgIpc) is 2.94. The number of aliphatic carboxylic acids is 1. The summed E-state index contributed by atoms with van der Waals surface area (Å²) in [4.78, 5) is 26.6. The van der Waals surface area contributed by atoms with E-state index in [1.165, 1.54) is 4.90 Å². The zero-order chi connectivity index (χ0) is 13.1. The van der Waals surface area contributed by atoms with Crippen molar-refractivity contribution in [2.75, 3.05) is 33.2 Å². The molecule has 0 aromatic heterocycles. The highest BCUT2D eigenvalue weighted by Crippen LogP contribution is 2.18. The van der Waals surface area contributed by atoms with Crippen LogP contribution in [0.3, 0.4) is 0 Å². The molecule has 0 aromatic carbocycles. The zero-order valence-electron chi connectivity index (χ0n) is 10.8. The number of carboxylic acids is 1. The van der Waals surface area contributed by atoms with Gasteiger partial charge >= 0.3 is 12.0 Å². The first-order chi connectivity index (χ1) is 8.58. The summed E-state index contributed by atoms with van der Waals surface area (Å²) in [5.41, 5.74) is 0. The number of nitrogens with one attached hydrogen (secondary N) is 1. The van der Waals surface area contributed by atoms with Gasteiger partial charge in [-0.05, 0) is 38.8 Å². The quantitative estimate of drug-likeness (QED) is 0.755. The molecule has 18 heavy (non-hydrogen) atoms. The Labute approximate surface area is 107 Å². The second kappa shape index (κ2) is 5.56. The molecular formula is C12H21N3O3. The molecule has 6 nitrogen and oxygen atoms in total. The van der Waals surface area contributed by atoms with Crippen LogP contribution in [-0.4, -0.2) is 66.2 Å². The maximum absolute atomic E-state index is 11.9. The third-order valence-electron chi connectivity index (χ3n) is 3.83. The molecule has 2 saturated heterocycles. The molecule has 2 heterocycles. The Morgan fingerprint density at radius 3 is 2.72 bits per heavy atom. The van der Waals surface area contributed by atoms with Crippen molar-refractivity contribution in [2.24, 2.45) is 5.92 Å². The van der Waals surface area contributed by atoms with Gasteiger partial charge in [0.05, 0.1) is 0 Å². The highest BCUT2D eigenvalue weighted by molar-refractivity contribution is 5.83. The Bertz CT molecular complexity index is 335. The molecule has 2 amide bonds. The molecule has 0 radical (unpaired) electrons. The Balaban J connectivity index is 1.79. The van der Waals surface area contributed by atoms with Crippen LogP contribution in [-0.2, 0) is 4.79 Å². The van der Waals surface area contributed by atoms with Gasteiger partial charge in [0.2, 0.25) is 0 Å². The topological polar surface area (TPSA) is 72.9 Å². The number of likely N-dealkylation sites (tertiary alicyclic amines) is 2. The normalized spacial score (nSPS) is 28.6. The third-order valence-corrected chi connectivity index (χ3v) is 3.83. The summed E-state index contributed by atoms with van der Waals surface area (Å²) < 4.78 is 0. The largest absolute Gasteiger partial charge is 0.480 e. The van der Waals surface area contributed by atoms with E-state index in [0.717, 1.165) is 25.9 Å². The molecule has 0 aromatic rings. The summed E-state index contributed by atoms with van der Waals surface area (Å²) >= 11 is 0. The van der Waals surface area contributed by atoms with E-state index in [1.54, 1.807) is 0 Å². The van der Waals surface area contributed by atoms with Crippen LogP contribution in [0.25, 0.3) is 0 Å². The van der Waals surface area contributed by atoms with Gasteiger partial charge in [-0.3, -0.25) is 0 Å². The number of amides is 2. The first-order valence-electron chi connectivity index (χ1n) is 6.53. The fraction of sp³-hybridized carbons (Fsp3) is 0.833. The molecule has 0 bridgehead atoms. The number of hydrogen-bond acceptors (Lipinski definition) is 3. The molecule has 2 aliphatic rings. The van der Waals surface area contributed by atoms with E-state index < -0.39 is 12.0 Å². The Kier molecular flexibility index (Phi) is 4.06. The van der Waals surface area contributed by atoms with Crippen LogP contribution in [0.2, 0.25) is 0 Å². The fourth-order valence-electron chi connectivity index (χ4n) is 2.79. The lowest BCUT2D eigenvalue weighted by Crippen LogP contribution is -2.47. The van der Waals surface area contributed by atoms with Crippen molar-refractivity contribution in [3.8, 4) is 0 Å². The van der Waals surface area contributed by atoms with Gasteiger partial charge in [-0.1, -0.05) is 0 Å². The number of nitrogens with zero attached hydrogens (tertiary/aromatic N) is 2. The van der Waals surface area contributed by atoms with E-state index in [9.17, 15) is 9.59 Å². The van der Waals surface area contributed by atoms with Crippen molar-refractivity contribution in [1.82, 2.24) is 15.1 Å². The van der Waals surface area contributed by atoms with Gasteiger partial charge in [-0.15, -0.1) is 0 Å². The number of urea groups is 1. The van der Waals surface area contributed by atoms with Gasteiger partial charge in [0.25, 0.3) is 0 Å². The Morgan fingerprint density at radius 1 is 1.33 bits per heavy atom. The lowest BCUT2D eigenvalue weighted by atomic mass is 10.1. The van der Waals surface area contributed by atoms with Crippen molar-refractivity contribution in [3.05, 3.63) is 0 Å². The van der Waals surface area contributed by atoms with E-state index in [1.807, 2.05) is 0 Å². The summed E-state index contributed by atoms with van der Waals surface area (Å²) in [6.45, 7) is 3.27. The minimum absolute atomic E-state index is 0.227. The number of carboxylic acid groups (broad SMARTS) is 1. The van der Waals surface area contributed by atoms with Crippen LogP contribution in [0.15, 0.2) is 0 Å². The van der Waals surface area contributed by atoms with Gasteiger partial charge in [0, 0.05) is 19.6 Å². The summed E-state index contributed by atoms with van der Waals surface area (Å²) in [6.07, 6.45) is 2.44. The zero-order valence-corrected chi connectivity index (χ0v) is 10.8. The second-order valence-electron chi connectivity index (χ2n) is 5.29. The smallest absolute Gasteiger partial charge is 0.326 e. The van der Waals surface area contributed by atoms with Gasteiger partial charge in [-0.2, -0.15) is 0 Å². The molecule has 102 valence electrons. The van der Waals surface area contributed by atoms with E-state index in [-0.39, 0.29) is 6.03 Å². The van der Waals surface area contributed by atoms with Crippen molar-refractivity contribution in [1.29, 1.82) is 0 Å². The molecular weight excluding hydrogens is 234 g/mol. The third kappa shape index (κ3) is 2.93. The average molecular weight is 255 g/mol. The number of rotatable bonds is 3. The Morgan fingerprint density at radius 2 is 2.11 bits per heavy atom. The number of hydrogen-bond donors (Lipinski definition) is 2. The highest BCUT2D eigenvalue weighted by Gasteiger charge is 2.34. The first kappa shape index (κ1) is 13.1. The highest BCUT2D eigenvalue weighted by atomic mass is 16.4. The van der Waals surface area contributed by atoms with E-state index in [2.05, 4.69) is 17.3 Å². The molecule has 6 heteroatoms. The molecule has 0 spiro atoms. The van der Waals surface area contributed by atoms with Gasteiger partial charge in [-0.25, -0.2) is 9.59 Å². The standard InChI is InChI=1S/C12H21N3O3/c1-14-6-4-9(8-14)7-13-12(18)15-5-2-3-10(15)11(16)17/h9-10H,2-8H2,1H3,(H,13,18)(H,16,17). The maximum Gasteiger partial charge on any atom is 0.326 e. The predicted molar refractivity (Wildman–Crippen MR) is 66.4 cm³/mol. The van der Waals surface area contributed by atoms with E-state index in [0.29, 0.717) is 25.4 Å². The van der Waals surface area contributed by atoms with E-state index in [4.69, 9.17) is 5.11 Å². The number of carbonyl (C=O) groups excluding carboxylic acids is 1. The second-order valence-corrected chi connectivity index (χ2v) is 5.29. The summed E-state index contributed by atoms with van der Waals surface area (Å²) in [5, 5.41) is 11.9. The summed E-state index contributed by atoms with van der Waals surface area (Å²) in [7, 11) is 2.07. The minimum Gasteiger partial charge on any atom is -0.480 e. The van der Waals surface area contributed by atoms with Crippen LogP contribution in [0.5, 0.6) is 0 Å². The lowest BCUT2D eigenvalue weighted by molar-refractivity contribution is -0.141. The van der Waals surface area contributed by atoms with Crippen LogP contribution in [0, 0.1) is 5.92 Å². The summed E-state index contributed by atoms with van der Waals surface area (Å²) in [6, 6.07) is -0.870. The summed E-state index contributed by atoms with van der Waals surface area (Å²) in [5.74, 6) is -0.409. The number of carbonyl (C=O) groups is 2. The molecule has 2 N–H and O–H groups in total. The van der Waals surface area contributed by atoms with Crippen molar-refractivity contribution in [3.63, 3.8) is 0 Å². The molecule has 2 atom stereocenters.